The van der Waals surface area contributed by atoms with Gasteiger partial charge in [0.15, 0.2) is 11.1 Å². The highest BCUT2D eigenvalue weighted by atomic mass is 32.2. The third-order valence-electron chi connectivity index (χ3n) is 3.35. The number of hydrogen-bond acceptors (Lipinski definition) is 5. The fraction of sp³-hybridized carbons (Fsp3) is 0.250. The van der Waals surface area contributed by atoms with E-state index in [4.69, 9.17) is 0 Å². The second kappa shape index (κ2) is 7.31. The third-order valence-corrected chi connectivity index (χ3v) is 4.99. The smallest absolute Gasteiger partial charge is 0.244 e. The standard InChI is InChI=1S/C16H20N4O3S/c1-12(16(21)20(2)3)24(22,23)19-14-10-7-11-17-15(14)18-13-8-5-4-6-9-13/h4-12,19H,1-3H3,(H,17,18)/t12-/m1/s1. The second-order valence-electron chi connectivity index (χ2n) is 5.41. The first kappa shape index (κ1) is 17.7. The van der Waals surface area contributed by atoms with Gasteiger partial charge in [0.1, 0.15) is 0 Å². The van der Waals surface area contributed by atoms with Gasteiger partial charge in [0, 0.05) is 26.0 Å². The predicted octanol–water partition coefficient (Wildman–Crippen LogP) is 2.04. The predicted molar refractivity (Wildman–Crippen MR) is 94.7 cm³/mol. The van der Waals surface area contributed by atoms with Crippen molar-refractivity contribution in [1.29, 1.82) is 0 Å². The Hall–Kier alpha value is -2.61. The number of pyridine rings is 1. The lowest BCUT2D eigenvalue weighted by atomic mass is 10.3. The molecule has 1 heterocycles. The number of sulfonamides is 1. The van der Waals surface area contributed by atoms with Gasteiger partial charge in [0.05, 0.1) is 5.69 Å². The van der Waals surface area contributed by atoms with Crippen LogP contribution in [0, 0.1) is 0 Å². The Morgan fingerprint density at radius 3 is 2.42 bits per heavy atom. The summed E-state index contributed by atoms with van der Waals surface area (Å²) in [6.45, 7) is 1.35. The first-order valence-corrected chi connectivity index (χ1v) is 8.86. The van der Waals surface area contributed by atoms with E-state index in [1.54, 1.807) is 18.3 Å². The van der Waals surface area contributed by atoms with Crippen LogP contribution in [0.25, 0.3) is 0 Å². The van der Waals surface area contributed by atoms with Crippen molar-refractivity contribution in [2.45, 2.75) is 12.2 Å². The van der Waals surface area contributed by atoms with E-state index in [0.717, 1.165) is 5.69 Å². The molecular formula is C16H20N4O3S. The highest BCUT2D eigenvalue weighted by Crippen LogP contribution is 2.24. The maximum absolute atomic E-state index is 12.4. The number of hydrogen-bond donors (Lipinski definition) is 2. The average molecular weight is 348 g/mol. The van der Waals surface area contributed by atoms with Gasteiger partial charge in [-0.25, -0.2) is 13.4 Å². The van der Waals surface area contributed by atoms with Gasteiger partial charge in [-0.1, -0.05) is 18.2 Å². The zero-order valence-electron chi connectivity index (χ0n) is 13.7. The highest BCUT2D eigenvalue weighted by molar-refractivity contribution is 7.94. The van der Waals surface area contributed by atoms with Gasteiger partial charge in [0.25, 0.3) is 0 Å². The van der Waals surface area contributed by atoms with Crippen LogP contribution in [0.3, 0.4) is 0 Å². The number of benzene rings is 1. The Morgan fingerprint density at radius 2 is 1.79 bits per heavy atom. The van der Waals surface area contributed by atoms with Crippen molar-refractivity contribution >= 4 is 33.1 Å². The molecule has 0 saturated carbocycles. The molecule has 1 atom stereocenters. The molecular weight excluding hydrogens is 328 g/mol. The summed E-state index contributed by atoms with van der Waals surface area (Å²) in [6, 6.07) is 12.5. The van der Waals surface area contributed by atoms with Crippen LogP contribution in [0.4, 0.5) is 17.2 Å². The van der Waals surface area contributed by atoms with Crippen molar-refractivity contribution in [3.05, 3.63) is 48.7 Å². The average Bonchev–Trinajstić information content (AvgIpc) is 2.56. The first-order valence-electron chi connectivity index (χ1n) is 7.31. The summed E-state index contributed by atoms with van der Waals surface area (Å²) in [5, 5.41) is 1.84. The number of nitrogens with zero attached hydrogens (tertiary/aromatic N) is 2. The van der Waals surface area contributed by atoms with E-state index in [-0.39, 0.29) is 5.69 Å². The zero-order valence-corrected chi connectivity index (χ0v) is 14.5. The second-order valence-corrected chi connectivity index (χ2v) is 7.41. The Kier molecular flexibility index (Phi) is 5.40. The van der Waals surface area contributed by atoms with Crippen molar-refractivity contribution in [1.82, 2.24) is 9.88 Å². The summed E-state index contributed by atoms with van der Waals surface area (Å²) in [6.07, 6.45) is 1.55. The van der Waals surface area contributed by atoms with Crippen molar-refractivity contribution in [2.75, 3.05) is 24.1 Å². The summed E-state index contributed by atoms with van der Waals surface area (Å²) in [7, 11) is -0.864. The summed E-state index contributed by atoms with van der Waals surface area (Å²) in [5.41, 5.74) is 1.05. The molecule has 0 fully saturated rings. The molecule has 0 radical (unpaired) electrons. The van der Waals surface area contributed by atoms with Crippen LogP contribution in [0.1, 0.15) is 6.92 Å². The number of rotatable bonds is 6. The molecule has 24 heavy (non-hydrogen) atoms. The molecule has 0 aliphatic carbocycles. The van der Waals surface area contributed by atoms with Crippen LogP contribution in [-0.2, 0) is 14.8 Å². The fourth-order valence-electron chi connectivity index (χ4n) is 1.98. The van der Waals surface area contributed by atoms with Crippen molar-refractivity contribution < 1.29 is 13.2 Å². The van der Waals surface area contributed by atoms with Gasteiger partial charge in [0.2, 0.25) is 15.9 Å². The van der Waals surface area contributed by atoms with Gasteiger partial charge >= 0.3 is 0 Å². The molecule has 2 N–H and O–H groups in total. The maximum atomic E-state index is 12.4. The number of para-hydroxylation sites is 1. The van der Waals surface area contributed by atoms with E-state index in [9.17, 15) is 13.2 Å². The minimum Gasteiger partial charge on any atom is -0.348 e. The Labute approximate surface area is 141 Å². The van der Waals surface area contributed by atoms with Crippen LogP contribution < -0.4 is 10.0 Å². The first-order chi connectivity index (χ1) is 11.3. The highest BCUT2D eigenvalue weighted by Gasteiger charge is 2.29. The molecule has 1 amide bonds. The van der Waals surface area contributed by atoms with E-state index >= 15 is 0 Å². The number of aromatic nitrogens is 1. The molecule has 7 nitrogen and oxygen atoms in total. The number of anilines is 3. The topological polar surface area (TPSA) is 91.4 Å². The van der Waals surface area contributed by atoms with Gasteiger partial charge in [-0.15, -0.1) is 0 Å². The van der Waals surface area contributed by atoms with E-state index in [2.05, 4.69) is 15.0 Å². The quantitative estimate of drug-likeness (QED) is 0.833. The third kappa shape index (κ3) is 4.23. The maximum Gasteiger partial charge on any atom is 0.244 e. The van der Waals surface area contributed by atoms with E-state index < -0.39 is 21.2 Å². The molecule has 128 valence electrons. The van der Waals surface area contributed by atoms with E-state index in [1.165, 1.54) is 25.9 Å². The van der Waals surface area contributed by atoms with Crippen LogP contribution in [-0.4, -0.2) is 43.6 Å². The van der Waals surface area contributed by atoms with Gasteiger partial charge in [-0.3, -0.25) is 9.52 Å². The number of amides is 1. The minimum absolute atomic E-state index is 0.278. The molecule has 0 unspecified atom stereocenters. The normalized spacial score (nSPS) is 12.3. The summed E-state index contributed by atoms with van der Waals surface area (Å²) in [4.78, 5) is 17.3. The van der Waals surface area contributed by atoms with Crippen molar-refractivity contribution in [3.8, 4) is 0 Å². The summed E-state index contributed by atoms with van der Waals surface area (Å²) >= 11 is 0. The van der Waals surface area contributed by atoms with Gasteiger partial charge in [-0.05, 0) is 31.2 Å². The zero-order chi connectivity index (χ0) is 17.7. The van der Waals surface area contributed by atoms with Crippen molar-refractivity contribution in [2.24, 2.45) is 0 Å². The molecule has 2 aromatic rings. The fourth-order valence-corrected chi connectivity index (χ4v) is 3.11. The summed E-state index contributed by atoms with van der Waals surface area (Å²) in [5.74, 6) is -0.138. The van der Waals surface area contributed by atoms with Crippen LogP contribution in [0.5, 0.6) is 0 Å². The Bertz CT molecular complexity index is 807. The lowest BCUT2D eigenvalue weighted by Crippen LogP contribution is -2.39. The Morgan fingerprint density at radius 1 is 1.12 bits per heavy atom. The van der Waals surface area contributed by atoms with Gasteiger partial charge in [-0.2, -0.15) is 0 Å². The molecule has 1 aromatic carbocycles. The number of nitrogens with one attached hydrogen (secondary N) is 2. The molecule has 0 aliphatic heterocycles. The van der Waals surface area contributed by atoms with Crippen LogP contribution in [0.2, 0.25) is 0 Å². The molecule has 2 rings (SSSR count). The molecule has 0 saturated heterocycles. The molecule has 1 aromatic heterocycles. The SMILES string of the molecule is C[C@H](C(=O)N(C)C)S(=O)(=O)Nc1cccnc1Nc1ccccc1. The molecule has 0 bridgehead atoms. The molecule has 0 aliphatic rings. The van der Waals surface area contributed by atoms with Gasteiger partial charge < -0.3 is 10.2 Å². The number of carbonyl (C=O) groups is 1. The minimum atomic E-state index is -3.89. The van der Waals surface area contributed by atoms with Crippen LogP contribution in [0.15, 0.2) is 48.7 Å². The van der Waals surface area contributed by atoms with E-state index in [0.29, 0.717) is 5.82 Å². The van der Waals surface area contributed by atoms with Crippen LogP contribution >= 0.6 is 0 Å². The number of carbonyl (C=O) groups excluding carboxylic acids is 1. The van der Waals surface area contributed by atoms with E-state index in [1.807, 2.05) is 30.3 Å². The lowest BCUT2D eigenvalue weighted by molar-refractivity contribution is -0.127. The molecule has 0 spiro atoms. The van der Waals surface area contributed by atoms with Crippen molar-refractivity contribution in [3.63, 3.8) is 0 Å². The Balaban J connectivity index is 2.25. The lowest BCUT2D eigenvalue weighted by Gasteiger charge is -2.19. The summed E-state index contributed by atoms with van der Waals surface area (Å²) < 4.78 is 27.3. The largest absolute Gasteiger partial charge is 0.348 e. The monoisotopic (exact) mass is 348 g/mol. The molecule has 8 heteroatoms.